The molecule has 3 rings (SSSR count). The maximum Gasteiger partial charge on any atom is 0.271 e. The molecule has 0 spiro atoms. The Bertz CT molecular complexity index is 869. The summed E-state index contributed by atoms with van der Waals surface area (Å²) < 4.78 is 5.98. The van der Waals surface area contributed by atoms with Crippen LogP contribution in [0.2, 0.25) is 5.02 Å². The lowest BCUT2D eigenvalue weighted by molar-refractivity contribution is 0.0888. The van der Waals surface area contributed by atoms with Crippen molar-refractivity contribution < 1.29 is 9.53 Å². The molecule has 1 saturated carbocycles. The average Bonchev–Trinajstić information content (AvgIpc) is 2.69. The predicted molar refractivity (Wildman–Crippen MR) is 106 cm³/mol. The molecular formula is C21H23ClN4O2. The Morgan fingerprint density at radius 3 is 2.57 bits per heavy atom. The highest BCUT2D eigenvalue weighted by Crippen LogP contribution is 2.27. The van der Waals surface area contributed by atoms with Crippen molar-refractivity contribution in [2.24, 2.45) is 0 Å². The van der Waals surface area contributed by atoms with Crippen molar-refractivity contribution in [2.45, 2.75) is 57.6 Å². The first-order valence-electron chi connectivity index (χ1n) is 9.45. The molecule has 1 aromatic heterocycles. The van der Waals surface area contributed by atoms with E-state index in [0.29, 0.717) is 22.0 Å². The van der Waals surface area contributed by atoms with Gasteiger partial charge < -0.3 is 10.1 Å². The lowest BCUT2D eigenvalue weighted by Crippen LogP contribution is -2.40. The van der Waals surface area contributed by atoms with Crippen molar-refractivity contribution in [3.05, 3.63) is 52.6 Å². The van der Waals surface area contributed by atoms with Crippen LogP contribution in [0, 0.1) is 11.3 Å². The van der Waals surface area contributed by atoms with E-state index in [0.717, 1.165) is 31.4 Å². The Labute approximate surface area is 169 Å². The molecule has 1 N–H and O–H groups in total. The average molecular weight is 399 g/mol. The van der Waals surface area contributed by atoms with Gasteiger partial charge in [0.25, 0.3) is 5.91 Å². The summed E-state index contributed by atoms with van der Waals surface area (Å²) in [4.78, 5) is 20.9. The SMILES string of the molecule is CC(C)c1cnc(C(=O)N[C@H]2CC[C@H](Oc3ccc(C#N)c(Cl)c3)CC2)cn1. The van der Waals surface area contributed by atoms with E-state index in [-0.39, 0.29) is 24.0 Å². The van der Waals surface area contributed by atoms with Gasteiger partial charge in [0.05, 0.1) is 28.6 Å². The maximum atomic E-state index is 12.4. The van der Waals surface area contributed by atoms with Gasteiger partial charge in [-0.1, -0.05) is 25.4 Å². The third-order valence-electron chi connectivity index (χ3n) is 4.87. The van der Waals surface area contributed by atoms with Gasteiger partial charge in [-0.15, -0.1) is 0 Å². The van der Waals surface area contributed by atoms with Crippen molar-refractivity contribution in [1.82, 2.24) is 15.3 Å². The lowest BCUT2D eigenvalue weighted by Gasteiger charge is -2.29. The number of halogens is 1. The van der Waals surface area contributed by atoms with Crippen LogP contribution in [-0.4, -0.2) is 28.0 Å². The van der Waals surface area contributed by atoms with Gasteiger partial charge in [0.15, 0.2) is 0 Å². The van der Waals surface area contributed by atoms with Gasteiger partial charge in [-0.05, 0) is 43.7 Å². The van der Waals surface area contributed by atoms with Gasteiger partial charge in [-0.2, -0.15) is 5.26 Å². The first-order valence-corrected chi connectivity index (χ1v) is 9.83. The molecule has 1 amide bonds. The number of rotatable bonds is 5. The maximum absolute atomic E-state index is 12.4. The highest BCUT2D eigenvalue weighted by Gasteiger charge is 2.24. The Morgan fingerprint density at radius 1 is 1.25 bits per heavy atom. The van der Waals surface area contributed by atoms with Crippen LogP contribution in [0.1, 0.15) is 67.2 Å². The van der Waals surface area contributed by atoms with E-state index < -0.39 is 0 Å². The van der Waals surface area contributed by atoms with Crippen LogP contribution < -0.4 is 10.1 Å². The highest BCUT2D eigenvalue weighted by atomic mass is 35.5. The van der Waals surface area contributed by atoms with Crippen molar-refractivity contribution >= 4 is 17.5 Å². The molecule has 28 heavy (non-hydrogen) atoms. The predicted octanol–water partition coefficient (Wildman–Crippen LogP) is 4.25. The summed E-state index contributed by atoms with van der Waals surface area (Å²) in [5.41, 5.74) is 1.65. The molecule has 0 aliphatic heterocycles. The summed E-state index contributed by atoms with van der Waals surface area (Å²) in [5, 5.41) is 12.4. The molecule has 1 aliphatic rings. The molecule has 0 saturated heterocycles. The minimum atomic E-state index is -0.189. The number of ether oxygens (including phenoxy) is 1. The number of carbonyl (C=O) groups excluding carboxylic acids is 1. The Balaban J connectivity index is 1.49. The largest absolute Gasteiger partial charge is 0.490 e. The summed E-state index contributed by atoms with van der Waals surface area (Å²) in [6.45, 7) is 4.08. The number of hydrogen-bond acceptors (Lipinski definition) is 5. The second kappa shape index (κ2) is 9.03. The van der Waals surface area contributed by atoms with Crippen LogP contribution in [0.3, 0.4) is 0 Å². The second-order valence-corrected chi connectivity index (χ2v) is 7.71. The Kier molecular flexibility index (Phi) is 6.48. The van der Waals surface area contributed by atoms with Crippen molar-refractivity contribution in [3.8, 4) is 11.8 Å². The number of nitrogens with zero attached hydrogens (tertiary/aromatic N) is 3. The van der Waals surface area contributed by atoms with Crippen LogP contribution in [-0.2, 0) is 0 Å². The summed E-state index contributed by atoms with van der Waals surface area (Å²) in [7, 11) is 0. The standard InChI is InChI=1S/C21H23ClN4O2/c1-13(2)19-11-25-20(12-24-19)21(27)26-15-4-7-16(8-5-15)28-17-6-3-14(10-23)18(22)9-17/h3,6,9,11-13,15-16H,4-5,7-8H2,1-2H3,(H,26,27)/t15-,16-. The number of hydrogen-bond donors (Lipinski definition) is 1. The lowest BCUT2D eigenvalue weighted by atomic mass is 9.93. The summed E-state index contributed by atoms with van der Waals surface area (Å²) >= 11 is 6.05. The number of carbonyl (C=O) groups is 1. The third-order valence-corrected chi connectivity index (χ3v) is 5.18. The molecule has 1 aliphatic carbocycles. The van der Waals surface area contributed by atoms with Crippen LogP contribution in [0.15, 0.2) is 30.6 Å². The van der Waals surface area contributed by atoms with Crippen molar-refractivity contribution in [1.29, 1.82) is 5.26 Å². The van der Waals surface area contributed by atoms with E-state index in [9.17, 15) is 4.79 Å². The van der Waals surface area contributed by atoms with E-state index in [1.54, 1.807) is 24.4 Å². The van der Waals surface area contributed by atoms with Gasteiger partial charge >= 0.3 is 0 Å². The van der Waals surface area contributed by atoms with Crippen LogP contribution in [0.4, 0.5) is 0 Å². The smallest absolute Gasteiger partial charge is 0.271 e. The van der Waals surface area contributed by atoms with Crippen LogP contribution in [0.5, 0.6) is 5.75 Å². The zero-order valence-electron chi connectivity index (χ0n) is 16.0. The molecule has 0 atom stereocenters. The van der Waals surface area contributed by atoms with Crippen LogP contribution in [0.25, 0.3) is 0 Å². The number of nitrogens with one attached hydrogen (secondary N) is 1. The molecule has 1 fully saturated rings. The van der Waals surface area contributed by atoms with Gasteiger partial charge in [0.1, 0.15) is 17.5 Å². The normalized spacial score (nSPS) is 19.1. The molecule has 2 aromatic rings. The molecule has 1 aromatic carbocycles. The Morgan fingerprint density at radius 2 is 2.00 bits per heavy atom. The topological polar surface area (TPSA) is 87.9 Å². The van der Waals surface area contributed by atoms with Crippen molar-refractivity contribution in [3.63, 3.8) is 0 Å². The van der Waals surface area contributed by atoms with E-state index in [2.05, 4.69) is 15.3 Å². The molecule has 6 nitrogen and oxygen atoms in total. The summed E-state index contributed by atoms with van der Waals surface area (Å²) in [6, 6.07) is 7.23. The molecule has 146 valence electrons. The minimum absolute atomic E-state index is 0.0715. The zero-order chi connectivity index (χ0) is 20.1. The first-order chi connectivity index (χ1) is 13.5. The number of amides is 1. The molecule has 0 bridgehead atoms. The fraction of sp³-hybridized carbons (Fsp3) is 0.429. The zero-order valence-corrected chi connectivity index (χ0v) is 16.7. The molecule has 0 unspecified atom stereocenters. The van der Waals surface area contributed by atoms with E-state index in [4.69, 9.17) is 21.6 Å². The fourth-order valence-corrected chi connectivity index (χ4v) is 3.40. The molecule has 1 heterocycles. The third kappa shape index (κ3) is 4.99. The summed E-state index contributed by atoms with van der Waals surface area (Å²) in [6.07, 6.45) is 6.60. The van der Waals surface area contributed by atoms with Gasteiger partial charge in [-0.3, -0.25) is 9.78 Å². The second-order valence-electron chi connectivity index (χ2n) is 7.30. The fourth-order valence-electron chi connectivity index (χ4n) is 3.19. The molecular weight excluding hydrogens is 376 g/mol. The first kappa shape index (κ1) is 20.1. The van der Waals surface area contributed by atoms with E-state index >= 15 is 0 Å². The van der Waals surface area contributed by atoms with E-state index in [1.165, 1.54) is 6.20 Å². The highest BCUT2D eigenvalue weighted by molar-refractivity contribution is 6.31. The number of aromatic nitrogens is 2. The monoisotopic (exact) mass is 398 g/mol. The quantitative estimate of drug-likeness (QED) is 0.813. The van der Waals surface area contributed by atoms with Crippen molar-refractivity contribution in [2.75, 3.05) is 0 Å². The number of benzene rings is 1. The van der Waals surface area contributed by atoms with Gasteiger partial charge in [0, 0.05) is 18.3 Å². The minimum Gasteiger partial charge on any atom is -0.490 e. The van der Waals surface area contributed by atoms with Gasteiger partial charge in [-0.25, -0.2) is 4.98 Å². The molecule has 7 heteroatoms. The summed E-state index contributed by atoms with van der Waals surface area (Å²) in [5.74, 6) is 0.758. The Hall–Kier alpha value is -2.65. The van der Waals surface area contributed by atoms with E-state index in [1.807, 2.05) is 19.9 Å². The van der Waals surface area contributed by atoms with Gasteiger partial charge in [0.2, 0.25) is 0 Å². The molecule has 0 radical (unpaired) electrons. The van der Waals surface area contributed by atoms with Crippen LogP contribution >= 0.6 is 11.6 Å². The number of nitriles is 1.